The van der Waals surface area contributed by atoms with Gasteiger partial charge in [-0.15, -0.1) is 0 Å². The number of H-pyrrole nitrogens is 1. The quantitative estimate of drug-likeness (QED) is 0.300. The van der Waals surface area contributed by atoms with Crippen LogP contribution in [0.2, 0.25) is 0 Å². The van der Waals surface area contributed by atoms with Gasteiger partial charge in [-0.2, -0.15) is 5.10 Å². The van der Waals surface area contributed by atoms with Crippen molar-refractivity contribution in [3.63, 3.8) is 0 Å². The lowest BCUT2D eigenvalue weighted by atomic mass is 9.98. The third kappa shape index (κ3) is 5.81. The van der Waals surface area contributed by atoms with Crippen LogP contribution in [0.1, 0.15) is 18.5 Å². The number of carbonyl (C=O) groups excluding carboxylic acids is 1. The average Bonchev–Trinajstić information content (AvgIpc) is 3.36. The molecule has 1 aliphatic rings. The number of terminal acetylenes is 1. The Balaban J connectivity index is 1.20. The van der Waals surface area contributed by atoms with Gasteiger partial charge >= 0.3 is 0 Å². The smallest absolute Gasteiger partial charge is 0.230 e. The van der Waals surface area contributed by atoms with E-state index in [1.165, 1.54) is 18.5 Å². The predicted octanol–water partition coefficient (Wildman–Crippen LogP) is 4.24. The van der Waals surface area contributed by atoms with Crippen LogP contribution in [0.5, 0.6) is 5.75 Å². The highest BCUT2D eigenvalue weighted by Gasteiger charge is 2.18. The van der Waals surface area contributed by atoms with Gasteiger partial charge in [-0.3, -0.25) is 9.89 Å². The molecule has 1 fully saturated rings. The molecule has 3 heterocycles. The van der Waals surface area contributed by atoms with E-state index in [9.17, 15) is 13.6 Å². The van der Waals surface area contributed by atoms with Gasteiger partial charge in [0.2, 0.25) is 5.91 Å². The van der Waals surface area contributed by atoms with Crippen molar-refractivity contribution in [3.8, 4) is 18.2 Å². The standard InChI is InChI=1S/C27H25F2N7O2/c1-2-36-10-8-17(9-11-36)15-38-19-6-7-20-23(14-19)30-16-31-27(20)33-24-12-18(34-35-24)13-25(37)32-22-5-3-4-21(28)26(22)29/h1,3-7,12,14,16-17H,8-11,13,15H2,(H,32,37)(H2,30,31,33,34,35). The van der Waals surface area contributed by atoms with Crippen molar-refractivity contribution < 1.29 is 18.3 Å². The van der Waals surface area contributed by atoms with E-state index in [2.05, 4.69) is 36.8 Å². The highest BCUT2D eigenvalue weighted by atomic mass is 19.2. The number of nitrogens with zero attached hydrogens (tertiary/aromatic N) is 4. The summed E-state index contributed by atoms with van der Waals surface area (Å²) in [5, 5.41) is 13.2. The molecular weight excluding hydrogens is 492 g/mol. The number of carbonyl (C=O) groups is 1. The lowest BCUT2D eigenvalue weighted by molar-refractivity contribution is -0.115. The summed E-state index contributed by atoms with van der Waals surface area (Å²) < 4.78 is 33.2. The van der Waals surface area contributed by atoms with Crippen LogP contribution in [0, 0.1) is 30.0 Å². The van der Waals surface area contributed by atoms with E-state index in [1.54, 1.807) is 6.07 Å². The largest absolute Gasteiger partial charge is 0.493 e. The second-order valence-corrected chi connectivity index (χ2v) is 9.00. The molecule has 0 spiro atoms. The lowest BCUT2D eigenvalue weighted by Crippen LogP contribution is -2.32. The molecule has 0 atom stereocenters. The number of piperidine rings is 1. The summed E-state index contributed by atoms with van der Waals surface area (Å²) in [6, 6.07) is 13.5. The molecule has 9 nitrogen and oxygen atoms in total. The van der Waals surface area contributed by atoms with Crippen LogP contribution >= 0.6 is 0 Å². The number of halogens is 2. The SMILES string of the molecule is C#CN1CCC(COc2ccc3c(Nc4cc(CC(=O)Nc5cccc(F)c5F)[nH]n4)ncnc3c2)CC1. The third-order valence-electron chi connectivity index (χ3n) is 6.34. The van der Waals surface area contributed by atoms with E-state index >= 15 is 0 Å². The Morgan fingerprint density at radius 3 is 2.84 bits per heavy atom. The van der Waals surface area contributed by atoms with Crippen LogP contribution in [-0.4, -0.2) is 50.7 Å². The van der Waals surface area contributed by atoms with Gasteiger partial charge in [0.25, 0.3) is 0 Å². The minimum atomic E-state index is -1.11. The molecule has 1 saturated heterocycles. The predicted molar refractivity (Wildman–Crippen MR) is 139 cm³/mol. The van der Waals surface area contributed by atoms with E-state index < -0.39 is 17.5 Å². The highest BCUT2D eigenvalue weighted by Crippen LogP contribution is 2.27. The van der Waals surface area contributed by atoms with Gasteiger partial charge in [0.1, 0.15) is 17.9 Å². The first-order chi connectivity index (χ1) is 18.5. The van der Waals surface area contributed by atoms with Crippen LogP contribution < -0.4 is 15.4 Å². The van der Waals surface area contributed by atoms with Crippen LogP contribution in [0.25, 0.3) is 10.9 Å². The zero-order chi connectivity index (χ0) is 26.5. The van der Waals surface area contributed by atoms with E-state index in [0.29, 0.717) is 35.4 Å². The molecule has 2 aromatic carbocycles. The molecule has 4 aromatic rings. The Morgan fingerprint density at radius 2 is 2.03 bits per heavy atom. The molecule has 1 amide bonds. The third-order valence-corrected chi connectivity index (χ3v) is 6.34. The molecule has 5 rings (SSSR count). The summed E-state index contributed by atoms with van der Waals surface area (Å²) in [7, 11) is 0. The molecule has 194 valence electrons. The number of aromatic amines is 1. The second kappa shape index (κ2) is 11.1. The number of nitrogens with one attached hydrogen (secondary N) is 3. The summed E-state index contributed by atoms with van der Waals surface area (Å²) in [6.45, 7) is 2.39. The molecule has 11 heteroatoms. The topological polar surface area (TPSA) is 108 Å². The summed E-state index contributed by atoms with van der Waals surface area (Å²) in [4.78, 5) is 23.0. The summed E-state index contributed by atoms with van der Waals surface area (Å²) >= 11 is 0. The number of ether oxygens (including phenoxy) is 1. The number of hydrogen-bond donors (Lipinski definition) is 3. The molecule has 0 bridgehead atoms. The van der Waals surface area contributed by atoms with Gasteiger partial charge in [-0.1, -0.05) is 12.5 Å². The second-order valence-electron chi connectivity index (χ2n) is 9.00. The lowest BCUT2D eigenvalue weighted by Gasteiger charge is -2.29. The van der Waals surface area contributed by atoms with Crippen molar-refractivity contribution >= 4 is 34.1 Å². The Hall–Kier alpha value is -4.72. The van der Waals surface area contributed by atoms with Gasteiger partial charge in [0.05, 0.1) is 24.2 Å². The van der Waals surface area contributed by atoms with Crippen LogP contribution in [0.3, 0.4) is 0 Å². The van der Waals surface area contributed by atoms with Crippen molar-refractivity contribution in [2.45, 2.75) is 19.3 Å². The van der Waals surface area contributed by atoms with Crippen LogP contribution in [-0.2, 0) is 11.2 Å². The fourth-order valence-electron chi connectivity index (χ4n) is 4.27. The summed E-state index contributed by atoms with van der Waals surface area (Å²) in [5.74, 6) is -0.510. The normalized spacial score (nSPS) is 13.8. The fourth-order valence-corrected chi connectivity index (χ4v) is 4.27. The molecule has 0 radical (unpaired) electrons. The maximum absolute atomic E-state index is 13.8. The Labute approximate surface area is 217 Å². The number of aromatic nitrogens is 4. The number of likely N-dealkylation sites (tertiary alicyclic amines) is 1. The van der Waals surface area contributed by atoms with Gasteiger partial charge in [0, 0.05) is 42.3 Å². The first-order valence-corrected chi connectivity index (χ1v) is 12.1. The van der Waals surface area contributed by atoms with Crippen molar-refractivity contribution in [2.24, 2.45) is 5.92 Å². The van der Waals surface area contributed by atoms with Crippen molar-refractivity contribution in [1.29, 1.82) is 0 Å². The van der Waals surface area contributed by atoms with Crippen LogP contribution in [0.4, 0.5) is 26.1 Å². The Bertz CT molecular complexity index is 1490. The van der Waals surface area contributed by atoms with Crippen molar-refractivity contribution in [1.82, 2.24) is 25.1 Å². The summed E-state index contributed by atoms with van der Waals surface area (Å²) in [5.41, 5.74) is 0.955. The number of benzene rings is 2. The number of fused-ring (bicyclic) bond motifs is 1. The highest BCUT2D eigenvalue weighted by molar-refractivity contribution is 5.93. The number of rotatable bonds is 8. The fraction of sp³-hybridized carbons (Fsp3) is 0.259. The molecule has 0 unspecified atom stereocenters. The number of amides is 1. The Kier molecular flexibility index (Phi) is 7.31. The van der Waals surface area contributed by atoms with Gasteiger partial charge < -0.3 is 20.3 Å². The first-order valence-electron chi connectivity index (χ1n) is 12.1. The average molecular weight is 518 g/mol. The maximum Gasteiger partial charge on any atom is 0.230 e. The van der Waals surface area contributed by atoms with Gasteiger partial charge in [-0.25, -0.2) is 18.7 Å². The zero-order valence-electron chi connectivity index (χ0n) is 20.4. The van der Waals surface area contributed by atoms with E-state index in [-0.39, 0.29) is 12.1 Å². The van der Waals surface area contributed by atoms with E-state index in [1.807, 2.05) is 23.1 Å². The number of hydrogen-bond acceptors (Lipinski definition) is 7. The zero-order valence-corrected chi connectivity index (χ0v) is 20.4. The monoisotopic (exact) mass is 517 g/mol. The molecule has 1 aliphatic heterocycles. The minimum Gasteiger partial charge on any atom is -0.493 e. The Morgan fingerprint density at radius 1 is 1.18 bits per heavy atom. The molecule has 0 saturated carbocycles. The van der Waals surface area contributed by atoms with E-state index in [4.69, 9.17) is 11.2 Å². The molecule has 3 N–H and O–H groups in total. The van der Waals surface area contributed by atoms with E-state index in [0.717, 1.165) is 43.1 Å². The van der Waals surface area contributed by atoms with Gasteiger partial charge in [0.15, 0.2) is 17.5 Å². The summed E-state index contributed by atoms with van der Waals surface area (Å²) in [6.07, 6.45) is 8.80. The number of anilines is 3. The maximum atomic E-state index is 13.8. The van der Waals surface area contributed by atoms with Gasteiger partial charge in [-0.05, 0) is 43.0 Å². The molecule has 0 aliphatic carbocycles. The minimum absolute atomic E-state index is 0.113. The van der Waals surface area contributed by atoms with Crippen molar-refractivity contribution in [3.05, 3.63) is 66.1 Å². The molecule has 38 heavy (non-hydrogen) atoms. The van der Waals surface area contributed by atoms with Crippen molar-refractivity contribution in [2.75, 3.05) is 30.3 Å². The first kappa shape index (κ1) is 25.0. The molecular formula is C27H25F2N7O2. The van der Waals surface area contributed by atoms with Crippen LogP contribution in [0.15, 0.2) is 48.8 Å². The molecule has 2 aromatic heterocycles.